The van der Waals surface area contributed by atoms with Crippen LogP contribution in [-0.2, 0) is 23.0 Å². The number of sulfonamides is 1. The minimum absolute atomic E-state index is 0.00138. The highest BCUT2D eigenvalue weighted by atomic mass is 32.2. The van der Waals surface area contributed by atoms with Gasteiger partial charge in [-0.3, -0.25) is 9.10 Å². The highest BCUT2D eigenvalue weighted by Gasteiger charge is 2.24. The van der Waals surface area contributed by atoms with Crippen LogP contribution >= 0.6 is 0 Å². The number of carbonyl (C=O) groups is 2. The number of anilines is 1. The molecule has 0 heterocycles. The lowest BCUT2D eigenvalue weighted by Gasteiger charge is -2.25. The Morgan fingerprint density at radius 1 is 0.844 bits per heavy atom. The van der Waals surface area contributed by atoms with Gasteiger partial charge >= 0.3 is 5.97 Å². The van der Waals surface area contributed by atoms with Gasteiger partial charge in [-0.15, -0.1) is 0 Å². The number of amides is 1. The number of aliphatic hydroxyl groups is 1. The summed E-state index contributed by atoms with van der Waals surface area (Å²) in [6.07, 6.45) is -0.0956. The van der Waals surface area contributed by atoms with Crippen LogP contribution in [0, 0.1) is 0 Å². The summed E-state index contributed by atoms with van der Waals surface area (Å²) in [5, 5.41) is 17.4. The van der Waals surface area contributed by atoms with Crippen LogP contribution in [0.2, 0.25) is 0 Å². The monoisotopic (exact) mass is 629 g/mol. The predicted octanol–water partition coefficient (Wildman–Crippen LogP) is 4.57. The van der Waals surface area contributed by atoms with Crippen LogP contribution in [0.5, 0.6) is 5.75 Å². The van der Waals surface area contributed by atoms with E-state index < -0.39 is 34.0 Å². The van der Waals surface area contributed by atoms with Gasteiger partial charge in [0.15, 0.2) is 0 Å². The zero-order valence-electron chi connectivity index (χ0n) is 25.4. The van der Waals surface area contributed by atoms with E-state index >= 15 is 0 Å². The zero-order chi connectivity index (χ0) is 32.2. The second-order valence-corrected chi connectivity index (χ2v) is 12.8. The van der Waals surface area contributed by atoms with Gasteiger partial charge in [-0.05, 0) is 66.4 Å². The number of ether oxygens (including phenoxy) is 1. The molecule has 2 atom stereocenters. The number of hydrogen-bond donors (Lipinski definition) is 3. The molecular weight excluding hydrogens is 590 g/mol. The van der Waals surface area contributed by atoms with Crippen molar-refractivity contribution in [2.24, 2.45) is 0 Å². The fourth-order valence-corrected chi connectivity index (χ4v) is 5.99. The average Bonchev–Trinajstić information content (AvgIpc) is 3.05. The van der Waals surface area contributed by atoms with Crippen molar-refractivity contribution in [1.29, 1.82) is 0 Å². The van der Waals surface area contributed by atoms with Crippen molar-refractivity contribution in [3.05, 3.63) is 131 Å². The van der Waals surface area contributed by atoms with Crippen molar-refractivity contribution in [2.75, 3.05) is 23.7 Å². The summed E-state index contributed by atoms with van der Waals surface area (Å²) in [6, 6.07) is 31.2. The van der Waals surface area contributed by atoms with E-state index in [-0.39, 0.29) is 17.9 Å². The molecule has 4 aromatic rings. The summed E-state index contributed by atoms with van der Waals surface area (Å²) in [4.78, 5) is 25.8. The van der Waals surface area contributed by atoms with Gasteiger partial charge in [0.25, 0.3) is 5.91 Å². The van der Waals surface area contributed by atoms with Crippen LogP contribution in [0.3, 0.4) is 0 Å². The number of nitrogens with zero attached hydrogens (tertiary/aromatic N) is 1. The highest BCUT2D eigenvalue weighted by molar-refractivity contribution is 7.92. The van der Waals surface area contributed by atoms with Crippen molar-refractivity contribution in [3.8, 4) is 5.75 Å². The first-order chi connectivity index (χ1) is 21.7. The Morgan fingerprint density at radius 2 is 1.49 bits per heavy atom. The van der Waals surface area contributed by atoms with Crippen LogP contribution in [-0.4, -0.2) is 56.9 Å². The predicted molar refractivity (Wildman–Crippen MR) is 176 cm³/mol. The molecule has 0 saturated heterocycles. The molecule has 3 N–H and O–H groups in total. The maximum Gasteiger partial charge on any atom is 0.343 e. The van der Waals surface area contributed by atoms with Gasteiger partial charge in [0.1, 0.15) is 5.75 Å². The van der Waals surface area contributed by atoms with Crippen LogP contribution in [0.1, 0.15) is 45.2 Å². The molecule has 10 heteroatoms. The van der Waals surface area contributed by atoms with E-state index in [1.54, 1.807) is 67.6 Å². The van der Waals surface area contributed by atoms with Crippen LogP contribution in [0.25, 0.3) is 0 Å². The van der Waals surface area contributed by atoms with E-state index in [2.05, 4.69) is 10.6 Å². The third-order valence-corrected chi connectivity index (χ3v) is 9.20. The molecule has 45 heavy (non-hydrogen) atoms. The lowest BCUT2D eigenvalue weighted by Crippen LogP contribution is -2.48. The Hall–Kier alpha value is -4.51. The molecule has 4 rings (SSSR count). The topological polar surface area (TPSA) is 125 Å². The maximum absolute atomic E-state index is 13.4. The fraction of sp³-hybridized carbons (Fsp3) is 0.257. The molecule has 0 radical (unpaired) electrons. The van der Waals surface area contributed by atoms with Crippen LogP contribution in [0.15, 0.2) is 109 Å². The second kappa shape index (κ2) is 16.0. The lowest BCUT2D eigenvalue weighted by atomic mass is 10.00. The Kier molecular flexibility index (Phi) is 11.9. The number of benzene rings is 4. The van der Waals surface area contributed by atoms with Gasteiger partial charge in [-0.25, -0.2) is 13.2 Å². The van der Waals surface area contributed by atoms with Gasteiger partial charge in [-0.1, -0.05) is 73.7 Å². The SMILES string of the molecule is CCCS(=O)(=O)N(C)c1cccc(C(=O)N[C@@H](Cc2ccccc2)[C@H](O)CNCc2cccc(OC(=O)c3ccccc3)c2)c1. The maximum atomic E-state index is 13.4. The smallest absolute Gasteiger partial charge is 0.343 e. The molecule has 9 nitrogen and oxygen atoms in total. The summed E-state index contributed by atoms with van der Waals surface area (Å²) >= 11 is 0. The Balaban J connectivity index is 1.41. The van der Waals surface area contributed by atoms with Crippen LogP contribution < -0.4 is 19.7 Å². The molecule has 1 amide bonds. The summed E-state index contributed by atoms with van der Waals surface area (Å²) in [7, 11) is -2.04. The second-order valence-electron chi connectivity index (χ2n) is 10.7. The van der Waals surface area contributed by atoms with E-state index in [0.717, 1.165) is 11.1 Å². The Bertz CT molecular complexity index is 1670. The number of carbonyl (C=O) groups excluding carboxylic acids is 2. The molecular formula is C35H39N3O6S. The molecule has 0 saturated carbocycles. The first kappa shape index (κ1) is 33.4. The highest BCUT2D eigenvalue weighted by Crippen LogP contribution is 2.20. The number of hydrogen-bond acceptors (Lipinski definition) is 7. The Morgan fingerprint density at radius 3 is 2.20 bits per heavy atom. The first-order valence-electron chi connectivity index (χ1n) is 14.8. The molecule has 0 fully saturated rings. The minimum Gasteiger partial charge on any atom is -0.423 e. The zero-order valence-corrected chi connectivity index (χ0v) is 26.2. The van der Waals surface area contributed by atoms with Crippen molar-refractivity contribution in [3.63, 3.8) is 0 Å². The molecule has 0 aromatic heterocycles. The average molecular weight is 630 g/mol. The molecule has 0 aliphatic carbocycles. The van der Waals surface area contributed by atoms with Crippen LogP contribution in [0.4, 0.5) is 5.69 Å². The number of esters is 1. The first-order valence-corrected chi connectivity index (χ1v) is 16.4. The van der Waals surface area contributed by atoms with Gasteiger partial charge in [-0.2, -0.15) is 0 Å². The largest absolute Gasteiger partial charge is 0.423 e. The minimum atomic E-state index is -3.51. The molecule has 0 aliphatic heterocycles. The van der Waals surface area contributed by atoms with E-state index in [9.17, 15) is 23.1 Å². The van der Waals surface area contributed by atoms with E-state index in [0.29, 0.717) is 36.4 Å². The summed E-state index contributed by atoms with van der Waals surface area (Å²) in [5.41, 5.74) is 2.91. The summed E-state index contributed by atoms with van der Waals surface area (Å²) < 4.78 is 31.8. The molecule has 0 aliphatic rings. The van der Waals surface area contributed by atoms with Crippen molar-refractivity contribution < 1.29 is 27.9 Å². The normalized spacial score (nSPS) is 12.6. The van der Waals surface area contributed by atoms with Gasteiger partial charge in [0.05, 0.1) is 29.1 Å². The van der Waals surface area contributed by atoms with Crippen molar-refractivity contribution in [2.45, 2.75) is 38.5 Å². The van der Waals surface area contributed by atoms with E-state index in [1.807, 2.05) is 42.5 Å². The molecule has 0 bridgehead atoms. The molecule has 4 aromatic carbocycles. The standard InChI is InChI=1S/C35H39N3O6S/c1-3-20-45(42,43)38(2)30-18-11-17-29(23-30)34(40)37-32(22-26-12-6-4-7-13-26)33(39)25-36-24-27-14-10-19-31(21-27)44-35(41)28-15-8-5-9-16-28/h4-19,21,23,32-33,36,39H,3,20,22,24-25H2,1-2H3,(H,37,40)/t32-,33+/m0/s1. The van der Waals surface area contributed by atoms with Gasteiger partial charge in [0.2, 0.25) is 10.0 Å². The third kappa shape index (κ3) is 9.74. The number of aliphatic hydroxyl groups excluding tert-OH is 1. The van der Waals surface area contributed by atoms with Gasteiger partial charge < -0.3 is 20.5 Å². The van der Waals surface area contributed by atoms with Gasteiger partial charge in [0, 0.05) is 25.7 Å². The Labute approximate surface area is 264 Å². The summed E-state index contributed by atoms with van der Waals surface area (Å²) in [6.45, 7) is 2.35. The van der Waals surface area contributed by atoms with E-state index in [4.69, 9.17) is 4.74 Å². The quantitative estimate of drug-likeness (QED) is 0.130. The molecule has 236 valence electrons. The van der Waals surface area contributed by atoms with Crippen molar-refractivity contribution >= 4 is 27.6 Å². The van der Waals surface area contributed by atoms with E-state index in [1.165, 1.54) is 17.4 Å². The van der Waals surface area contributed by atoms with Crippen molar-refractivity contribution in [1.82, 2.24) is 10.6 Å². The fourth-order valence-electron chi connectivity index (χ4n) is 4.77. The molecule has 0 spiro atoms. The molecule has 0 unspecified atom stereocenters. The number of nitrogens with one attached hydrogen (secondary N) is 2. The summed E-state index contributed by atoms with van der Waals surface area (Å²) in [5.74, 6) is -0.462. The lowest BCUT2D eigenvalue weighted by molar-refractivity contribution is 0.0734. The number of rotatable bonds is 15. The third-order valence-electron chi connectivity index (χ3n) is 7.23.